The predicted octanol–water partition coefficient (Wildman–Crippen LogP) is 3.10. The van der Waals surface area contributed by atoms with Crippen molar-refractivity contribution < 1.29 is 19.4 Å². The Balaban J connectivity index is 2.44. The van der Waals surface area contributed by atoms with E-state index in [1.165, 1.54) is 18.2 Å². The Hall–Kier alpha value is -3.00. The fourth-order valence-corrected chi connectivity index (χ4v) is 1.96. The molecule has 2 N–H and O–H groups in total. The Morgan fingerprint density at radius 2 is 2.00 bits per heavy atom. The Labute approximate surface area is 121 Å². The zero-order valence-corrected chi connectivity index (χ0v) is 11.5. The van der Waals surface area contributed by atoms with Crippen molar-refractivity contribution in [3.63, 3.8) is 0 Å². The average molecular weight is 283 g/mol. The van der Waals surface area contributed by atoms with E-state index in [9.17, 15) is 15.0 Å². The normalized spacial score (nSPS) is 11.2. The van der Waals surface area contributed by atoms with Gasteiger partial charge in [-0.25, -0.2) is 0 Å². The lowest BCUT2D eigenvalue weighted by molar-refractivity contribution is 0.103. The van der Waals surface area contributed by atoms with E-state index in [2.05, 4.69) is 0 Å². The zero-order chi connectivity index (χ0) is 15.6. The number of benzene rings is 1. The molecule has 5 heteroatoms. The van der Waals surface area contributed by atoms with Crippen LogP contribution in [0.15, 0.2) is 34.3 Å². The van der Waals surface area contributed by atoms with Crippen molar-refractivity contribution in [2.75, 3.05) is 0 Å². The third kappa shape index (κ3) is 2.95. The van der Waals surface area contributed by atoms with Gasteiger partial charge in [0.25, 0.3) is 0 Å². The van der Waals surface area contributed by atoms with Crippen molar-refractivity contribution in [2.24, 2.45) is 0 Å². The second-order valence-corrected chi connectivity index (χ2v) is 4.57. The van der Waals surface area contributed by atoms with Gasteiger partial charge in [0.1, 0.15) is 34.7 Å². The number of nitrogens with zero attached hydrogens (tertiary/aromatic N) is 1. The summed E-state index contributed by atoms with van der Waals surface area (Å²) in [7, 11) is 0. The molecule has 2 rings (SSSR count). The van der Waals surface area contributed by atoms with Gasteiger partial charge in [0, 0.05) is 11.6 Å². The molecule has 1 aromatic heterocycles. The standard InChI is InChI=1S/C16H13NO4/c1-9-5-14(10(2)21-9)16(20)12(8-17)6-11-3-4-13(18)7-15(11)19/h3-7,18-19H,1-2H3. The average Bonchev–Trinajstić information content (AvgIpc) is 2.76. The van der Waals surface area contributed by atoms with Crippen molar-refractivity contribution in [1.82, 2.24) is 0 Å². The summed E-state index contributed by atoms with van der Waals surface area (Å²) in [4.78, 5) is 12.3. The minimum Gasteiger partial charge on any atom is -0.508 e. The number of ketones is 1. The van der Waals surface area contributed by atoms with Crippen molar-refractivity contribution in [1.29, 1.82) is 5.26 Å². The number of furan rings is 1. The number of nitriles is 1. The molecule has 0 radical (unpaired) electrons. The van der Waals surface area contributed by atoms with Gasteiger partial charge >= 0.3 is 0 Å². The van der Waals surface area contributed by atoms with Gasteiger partial charge in [-0.1, -0.05) is 0 Å². The minimum absolute atomic E-state index is 0.101. The lowest BCUT2D eigenvalue weighted by Gasteiger charge is -2.01. The highest BCUT2D eigenvalue weighted by Crippen LogP contribution is 2.26. The first-order valence-electron chi connectivity index (χ1n) is 6.18. The lowest BCUT2D eigenvalue weighted by atomic mass is 10.0. The molecule has 0 fully saturated rings. The van der Waals surface area contributed by atoms with Crippen molar-refractivity contribution in [3.05, 3.63) is 52.5 Å². The molecular weight excluding hydrogens is 270 g/mol. The van der Waals surface area contributed by atoms with E-state index < -0.39 is 5.78 Å². The summed E-state index contributed by atoms with van der Waals surface area (Å²) < 4.78 is 5.28. The van der Waals surface area contributed by atoms with E-state index in [4.69, 9.17) is 9.68 Å². The number of phenolic OH excluding ortho intramolecular Hbond substituents is 2. The molecular formula is C16H13NO4. The number of rotatable bonds is 3. The molecule has 106 valence electrons. The molecule has 0 amide bonds. The first kappa shape index (κ1) is 14.4. The van der Waals surface area contributed by atoms with E-state index >= 15 is 0 Å². The number of Topliss-reactive ketones (excluding diaryl/α,β-unsaturated/α-hetero) is 1. The molecule has 1 heterocycles. The van der Waals surface area contributed by atoms with Crippen LogP contribution in [0.2, 0.25) is 0 Å². The highest BCUT2D eigenvalue weighted by molar-refractivity contribution is 6.14. The molecule has 0 unspecified atom stereocenters. The molecule has 0 atom stereocenters. The molecule has 5 nitrogen and oxygen atoms in total. The molecule has 0 bridgehead atoms. The number of hydrogen-bond acceptors (Lipinski definition) is 5. The number of aromatic hydroxyl groups is 2. The van der Waals surface area contributed by atoms with Gasteiger partial charge in [0.2, 0.25) is 5.78 Å². The number of carbonyl (C=O) groups excluding carboxylic acids is 1. The smallest absolute Gasteiger partial charge is 0.207 e. The second kappa shape index (κ2) is 5.55. The van der Waals surface area contributed by atoms with Gasteiger partial charge in [0.05, 0.1) is 5.56 Å². The molecule has 0 spiro atoms. The van der Waals surface area contributed by atoms with Crippen LogP contribution in [0.25, 0.3) is 6.08 Å². The van der Waals surface area contributed by atoms with Crippen LogP contribution in [0.4, 0.5) is 0 Å². The summed E-state index contributed by atoms with van der Waals surface area (Å²) >= 11 is 0. The molecule has 0 saturated carbocycles. The van der Waals surface area contributed by atoms with Crippen LogP contribution >= 0.6 is 0 Å². The van der Waals surface area contributed by atoms with E-state index in [0.29, 0.717) is 17.1 Å². The van der Waals surface area contributed by atoms with Crippen molar-refractivity contribution in [3.8, 4) is 17.6 Å². The van der Waals surface area contributed by atoms with Crippen LogP contribution in [0.1, 0.15) is 27.4 Å². The van der Waals surface area contributed by atoms with Crippen LogP contribution in [-0.4, -0.2) is 16.0 Å². The molecule has 0 aliphatic heterocycles. The summed E-state index contributed by atoms with van der Waals surface area (Å²) in [6, 6.07) is 7.31. The van der Waals surface area contributed by atoms with Gasteiger partial charge in [-0.05, 0) is 38.1 Å². The summed E-state index contributed by atoms with van der Waals surface area (Å²) in [6.45, 7) is 3.36. The Morgan fingerprint density at radius 3 is 2.52 bits per heavy atom. The molecule has 0 saturated heterocycles. The van der Waals surface area contributed by atoms with Crippen LogP contribution in [0, 0.1) is 25.2 Å². The largest absolute Gasteiger partial charge is 0.508 e. The van der Waals surface area contributed by atoms with Crippen molar-refractivity contribution >= 4 is 11.9 Å². The van der Waals surface area contributed by atoms with Gasteiger partial charge < -0.3 is 14.6 Å². The number of hydrogen-bond donors (Lipinski definition) is 2. The molecule has 21 heavy (non-hydrogen) atoms. The lowest BCUT2D eigenvalue weighted by Crippen LogP contribution is -2.02. The van der Waals surface area contributed by atoms with Crippen LogP contribution < -0.4 is 0 Å². The third-order valence-corrected chi connectivity index (χ3v) is 2.96. The van der Waals surface area contributed by atoms with Gasteiger partial charge in [-0.2, -0.15) is 5.26 Å². The highest BCUT2D eigenvalue weighted by Gasteiger charge is 2.18. The summed E-state index contributed by atoms with van der Waals surface area (Å²) in [6.07, 6.45) is 1.28. The minimum atomic E-state index is -0.473. The first-order chi connectivity index (χ1) is 9.92. The maximum Gasteiger partial charge on any atom is 0.207 e. The number of aryl methyl sites for hydroxylation is 2. The summed E-state index contributed by atoms with van der Waals surface area (Å²) in [5, 5.41) is 28.1. The molecule has 0 aliphatic carbocycles. The van der Waals surface area contributed by atoms with Crippen LogP contribution in [-0.2, 0) is 0 Å². The van der Waals surface area contributed by atoms with E-state index in [1.807, 2.05) is 6.07 Å². The van der Waals surface area contributed by atoms with Gasteiger partial charge in [-0.3, -0.25) is 4.79 Å². The maximum absolute atomic E-state index is 12.3. The maximum atomic E-state index is 12.3. The molecule has 2 aromatic rings. The topological polar surface area (TPSA) is 94.5 Å². The molecule has 0 aliphatic rings. The van der Waals surface area contributed by atoms with E-state index in [0.717, 1.165) is 6.07 Å². The monoisotopic (exact) mass is 283 g/mol. The SMILES string of the molecule is Cc1cc(C(=O)C(C#N)=Cc2ccc(O)cc2O)c(C)o1. The Morgan fingerprint density at radius 1 is 1.29 bits per heavy atom. The zero-order valence-electron chi connectivity index (χ0n) is 11.5. The second-order valence-electron chi connectivity index (χ2n) is 4.57. The number of allylic oxidation sites excluding steroid dienone is 1. The van der Waals surface area contributed by atoms with Crippen LogP contribution in [0.5, 0.6) is 11.5 Å². The summed E-state index contributed by atoms with van der Waals surface area (Å²) in [5.41, 5.74) is 0.467. The fraction of sp³-hybridized carbons (Fsp3) is 0.125. The first-order valence-corrected chi connectivity index (χ1v) is 6.18. The Kier molecular flexibility index (Phi) is 3.81. The van der Waals surface area contributed by atoms with E-state index in [1.54, 1.807) is 19.9 Å². The fourth-order valence-electron chi connectivity index (χ4n) is 1.96. The number of phenols is 2. The third-order valence-electron chi connectivity index (χ3n) is 2.96. The van der Waals surface area contributed by atoms with Gasteiger partial charge in [-0.15, -0.1) is 0 Å². The summed E-state index contributed by atoms with van der Waals surface area (Å²) in [5.74, 6) is 0.236. The van der Waals surface area contributed by atoms with Crippen molar-refractivity contribution in [2.45, 2.75) is 13.8 Å². The van der Waals surface area contributed by atoms with E-state index in [-0.39, 0.29) is 22.6 Å². The highest BCUT2D eigenvalue weighted by atomic mass is 16.3. The number of carbonyl (C=O) groups is 1. The predicted molar refractivity (Wildman–Crippen MR) is 75.9 cm³/mol. The molecule has 1 aromatic carbocycles. The van der Waals surface area contributed by atoms with Crippen LogP contribution in [0.3, 0.4) is 0 Å². The quantitative estimate of drug-likeness (QED) is 0.512. The van der Waals surface area contributed by atoms with Gasteiger partial charge in [0.15, 0.2) is 0 Å². The Bertz CT molecular complexity index is 778.